The Hall–Kier alpha value is -2.06. The number of rotatable bonds is 6. The minimum Gasteiger partial charge on any atom is -0.492 e. The van der Waals surface area contributed by atoms with Crippen LogP contribution in [0.4, 0.5) is 0 Å². The third kappa shape index (κ3) is 3.96. The summed E-state index contributed by atoms with van der Waals surface area (Å²) in [5.74, 6) is 0.753. The summed E-state index contributed by atoms with van der Waals surface area (Å²) in [4.78, 5) is 14.0. The number of hydrogen-bond donors (Lipinski definition) is 1. The number of hydrogen-bond acceptors (Lipinski definition) is 4. The molecule has 112 valence electrons. The summed E-state index contributed by atoms with van der Waals surface area (Å²) in [5, 5.41) is 11.9. The molecule has 5 heteroatoms. The van der Waals surface area contributed by atoms with Gasteiger partial charge in [-0.1, -0.05) is 19.1 Å². The Morgan fingerprint density at radius 2 is 2.29 bits per heavy atom. The molecular weight excluding hydrogens is 266 g/mol. The predicted molar refractivity (Wildman–Crippen MR) is 79.9 cm³/mol. The molecule has 1 fully saturated rings. The van der Waals surface area contributed by atoms with Gasteiger partial charge in [-0.2, -0.15) is 5.26 Å². The first kappa shape index (κ1) is 15.3. The van der Waals surface area contributed by atoms with E-state index >= 15 is 0 Å². The Labute approximate surface area is 125 Å². The highest BCUT2D eigenvalue weighted by Gasteiger charge is 2.27. The quantitative estimate of drug-likeness (QED) is 0.806. The van der Waals surface area contributed by atoms with Crippen LogP contribution in [0.1, 0.15) is 25.3 Å². The molecule has 1 heterocycles. The van der Waals surface area contributed by atoms with Gasteiger partial charge >= 0.3 is 0 Å². The van der Waals surface area contributed by atoms with Crippen LogP contribution in [0.5, 0.6) is 5.75 Å². The van der Waals surface area contributed by atoms with Crippen molar-refractivity contribution in [1.82, 2.24) is 10.2 Å². The number of nitrogens with zero attached hydrogens (tertiary/aromatic N) is 2. The van der Waals surface area contributed by atoms with E-state index < -0.39 is 0 Å². The van der Waals surface area contributed by atoms with Crippen LogP contribution in [-0.2, 0) is 4.79 Å². The highest BCUT2D eigenvalue weighted by molar-refractivity contribution is 5.82. The molecule has 0 aliphatic carbocycles. The van der Waals surface area contributed by atoms with Gasteiger partial charge in [0.05, 0.1) is 18.2 Å². The van der Waals surface area contributed by atoms with Crippen LogP contribution >= 0.6 is 0 Å². The summed E-state index contributed by atoms with van der Waals surface area (Å²) >= 11 is 0. The molecule has 1 aliphatic heterocycles. The van der Waals surface area contributed by atoms with E-state index in [-0.39, 0.29) is 11.9 Å². The molecule has 21 heavy (non-hydrogen) atoms. The average Bonchev–Trinajstić information content (AvgIpc) is 2.52. The fourth-order valence-electron chi connectivity index (χ4n) is 2.61. The zero-order valence-electron chi connectivity index (χ0n) is 12.3. The van der Waals surface area contributed by atoms with Gasteiger partial charge in [-0.15, -0.1) is 0 Å². The lowest BCUT2D eigenvalue weighted by molar-refractivity contribution is -0.129. The molecule has 1 aromatic rings. The van der Waals surface area contributed by atoms with Crippen molar-refractivity contribution < 1.29 is 9.53 Å². The normalized spacial score (nSPS) is 18.9. The highest BCUT2D eigenvalue weighted by Crippen LogP contribution is 2.17. The van der Waals surface area contributed by atoms with Gasteiger partial charge in [0, 0.05) is 19.6 Å². The van der Waals surface area contributed by atoms with Crippen molar-refractivity contribution in [2.24, 2.45) is 0 Å². The van der Waals surface area contributed by atoms with Crippen molar-refractivity contribution in [3.8, 4) is 11.8 Å². The van der Waals surface area contributed by atoms with E-state index in [1.807, 2.05) is 25.1 Å². The Bertz CT molecular complexity index is 524. The molecule has 1 atom stereocenters. The lowest BCUT2D eigenvalue weighted by Gasteiger charge is -2.34. The molecule has 1 amide bonds. The van der Waals surface area contributed by atoms with Crippen molar-refractivity contribution in [3.63, 3.8) is 0 Å². The predicted octanol–water partition coefficient (Wildman–Crippen LogP) is 1.54. The number of ether oxygens (including phenoxy) is 1. The Morgan fingerprint density at radius 3 is 3.05 bits per heavy atom. The van der Waals surface area contributed by atoms with E-state index in [4.69, 9.17) is 10.00 Å². The highest BCUT2D eigenvalue weighted by atomic mass is 16.5. The van der Waals surface area contributed by atoms with E-state index in [2.05, 4.69) is 16.3 Å². The maximum Gasteiger partial charge on any atom is 0.237 e. The van der Waals surface area contributed by atoms with Gasteiger partial charge in [0.25, 0.3) is 0 Å². The number of carbonyl (C=O) groups excluding carboxylic acids is 1. The molecule has 0 spiro atoms. The minimum absolute atomic E-state index is 0.0230. The largest absolute Gasteiger partial charge is 0.492 e. The second-order valence-electron chi connectivity index (χ2n) is 5.06. The van der Waals surface area contributed by atoms with Crippen LogP contribution in [0, 0.1) is 11.3 Å². The van der Waals surface area contributed by atoms with Crippen LogP contribution in [-0.4, -0.2) is 43.1 Å². The minimum atomic E-state index is -0.0230. The molecule has 0 radical (unpaired) electrons. The van der Waals surface area contributed by atoms with Crippen molar-refractivity contribution in [3.05, 3.63) is 29.8 Å². The second kappa shape index (κ2) is 7.65. The first-order valence-electron chi connectivity index (χ1n) is 7.40. The fourth-order valence-corrected chi connectivity index (χ4v) is 2.61. The summed E-state index contributed by atoms with van der Waals surface area (Å²) < 4.78 is 5.67. The van der Waals surface area contributed by atoms with E-state index in [1.54, 1.807) is 6.07 Å². The molecular formula is C16H21N3O2. The van der Waals surface area contributed by atoms with Gasteiger partial charge in [-0.25, -0.2) is 0 Å². The topological polar surface area (TPSA) is 65.4 Å². The van der Waals surface area contributed by atoms with Gasteiger partial charge in [-0.3, -0.25) is 9.69 Å². The average molecular weight is 287 g/mol. The number of para-hydroxylation sites is 1. The molecule has 1 unspecified atom stereocenters. The molecule has 1 saturated heterocycles. The van der Waals surface area contributed by atoms with Crippen molar-refractivity contribution in [2.75, 3.05) is 26.2 Å². The van der Waals surface area contributed by atoms with Crippen LogP contribution in [0.15, 0.2) is 24.3 Å². The molecule has 0 saturated carbocycles. The number of carbonyl (C=O) groups is 1. The van der Waals surface area contributed by atoms with Crippen LogP contribution in [0.3, 0.4) is 0 Å². The van der Waals surface area contributed by atoms with Crippen molar-refractivity contribution >= 4 is 5.91 Å². The van der Waals surface area contributed by atoms with E-state index in [1.165, 1.54) is 0 Å². The number of nitriles is 1. The first-order valence-corrected chi connectivity index (χ1v) is 7.40. The lowest BCUT2D eigenvalue weighted by Crippen LogP contribution is -2.55. The third-order valence-corrected chi connectivity index (χ3v) is 3.68. The standard InChI is InChI=1S/C16H21N3O2/c1-2-14-16(20)18-8-10-19(14)9-5-11-21-15-7-4-3-6-13(15)12-17/h3-4,6-7,14H,2,5,8-11H2,1H3,(H,18,20). The van der Waals surface area contributed by atoms with Gasteiger partial charge in [0.15, 0.2) is 0 Å². The Balaban J connectivity index is 1.79. The van der Waals surface area contributed by atoms with Gasteiger partial charge < -0.3 is 10.1 Å². The third-order valence-electron chi connectivity index (χ3n) is 3.68. The molecule has 1 aliphatic rings. The summed E-state index contributed by atoms with van der Waals surface area (Å²) in [7, 11) is 0. The van der Waals surface area contributed by atoms with Crippen LogP contribution in [0.2, 0.25) is 0 Å². The molecule has 1 aromatic carbocycles. The monoisotopic (exact) mass is 287 g/mol. The van der Waals surface area contributed by atoms with E-state index in [0.717, 1.165) is 25.9 Å². The Morgan fingerprint density at radius 1 is 1.48 bits per heavy atom. The molecule has 0 bridgehead atoms. The van der Waals surface area contributed by atoms with Gasteiger partial charge in [0.1, 0.15) is 11.8 Å². The summed E-state index contributed by atoms with van der Waals surface area (Å²) in [6, 6.07) is 9.33. The number of benzene rings is 1. The van der Waals surface area contributed by atoms with Crippen molar-refractivity contribution in [2.45, 2.75) is 25.8 Å². The lowest BCUT2D eigenvalue weighted by atomic mass is 10.1. The van der Waals surface area contributed by atoms with Crippen LogP contribution < -0.4 is 10.1 Å². The van der Waals surface area contributed by atoms with Gasteiger partial charge in [-0.05, 0) is 25.0 Å². The number of nitrogens with one attached hydrogen (secondary N) is 1. The van der Waals surface area contributed by atoms with Crippen molar-refractivity contribution in [1.29, 1.82) is 5.26 Å². The molecule has 0 aromatic heterocycles. The molecule has 1 N–H and O–H groups in total. The summed E-state index contributed by atoms with van der Waals surface area (Å²) in [5.41, 5.74) is 0.557. The van der Waals surface area contributed by atoms with Gasteiger partial charge in [0.2, 0.25) is 5.91 Å². The molecule has 2 rings (SSSR count). The van der Waals surface area contributed by atoms with Crippen LogP contribution in [0.25, 0.3) is 0 Å². The fraction of sp³-hybridized carbons (Fsp3) is 0.500. The second-order valence-corrected chi connectivity index (χ2v) is 5.06. The number of piperazine rings is 1. The number of amides is 1. The summed E-state index contributed by atoms with van der Waals surface area (Å²) in [6.07, 6.45) is 1.66. The first-order chi connectivity index (χ1) is 10.3. The Kier molecular flexibility index (Phi) is 5.59. The maximum atomic E-state index is 11.8. The molecule has 5 nitrogen and oxygen atoms in total. The smallest absolute Gasteiger partial charge is 0.237 e. The SMILES string of the molecule is CCC1C(=O)NCCN1CCCOc1ccccc1C#N. The maximum absolute atomic E-state index is 11.8. The zero-order valence-corrected chi connectivity index (χ0v) is 12.3. The summed E-state index contributed by atoms with van der Waals surface area (Å²) in [6.45, 7) is 5.02. The van der Waals surface area contributed by atoms with E-state index in [9.17, 15) is 4.79 Å². The zero-order chi connectivity index (χ0) is 15.1. The van der Waals surface area contributed by atoms with E-state index in [0.29, 0.717) is 24.5 Å².